The van der Waals surface area contributed by atoms with Gasteiger partial charge in [0.2, 0.25) is 5.91 Å². The standard InChI is InChI=1S/C21H20N6O4/c1-31-15-10-8-14(9-11-15)27-18(23-24-25-27)13-22-19(28)7-4-12-26-20(29)16-5-2-3-6-17(16)21(26)30/h2-3,5-6,8-11H,4,7,12-13H2,1H3,(H,22,28). The molecule has 1 N–H and O–H groups in total. The number of aromatic nitrogens is 4. The van der Waals surface area contributed by atoms with Crippen molar-refractivity contribution < 1.29 is 19.1 Å². The molecule has 31 heavy (non-hydrogen) atoms. The van der Waals surface area contributed by atoms with Crippen molar-refractivity contribution in [2.75, 3.05) is 13.7 Å². The van der Waals surface area contributed by atoms with Crippen molar-refractivity contribution in [2.45, 2.75) is 19.4 Å². The lowest BCUT2D eigenvalue weighted by atomic mass is 10.1. The zero-order valence-electron chi connectivity index (χ0n) is 16.8. The second-order valence-corrected chi connectivity index (χ2v) is 6.89. The second kappa shape index (κ2) is 8.74. The monoisotopic (exact) mass is 420 g/mol. The number of hydrogen-bond acceptors (Lipinski definition) is 7. The van der Waals surface area contributed by atoms with E-state index in [2.05, 4.69) is 20.8 Å². The van der Waals surface area contributed by atoms with Gasteiger partial charge in [0.15, 0.2) is 5.82 Å². The van der Waals surface area contributed by atoms with E-state index >= 15 is 0 Å². The summed E-state index contributed by atoms with van der Waals surface area (Å²) in [6, 6.07) is 13.9. The minimum atomic E-state index is -0.320. The van der Waals surface area contributed by atoms with E-state index in [0.717, 1.165) is 5.69 Å². The number of benzene rings is 2. The Balaban J connectivity index is 1.28. The van der Waals surface area contributed by atoms with Crippen LogP contribution < -0.4 is 10.1 Å². The molecule has 0 aliphatic carbocycles. The number of nitrogens with one attached hydrogen (secondary N) is 1. The van der Waals surface area contributed by atoms with Gasteiger partial charge in [0.1, 0.15) is 5.75 Å². The van der Waals surface area contributed by atoms with E-state index in [0.29, 0.717) is 29.1 Å². The maximum atomic E-state index is 12.3. The Labute approximate surface area is 177 Å². The van der Waals surface area contributed by atoms with Crippen LogP contribution >= 0.6 is 0 Å². The number of ether oxygens (including phenoxy) is 1. The summed E-state index contributed by atoms with van der Waals surface area (Å²) in [6.07, 6.45) is 0.526. The molecule has 1 aliphatic heterocycles. The summed E-state index contributed by atoms with van der Waals surface area (Å²) in [6.45, 7) is 0.328. The average molecular weight is 420 g/mol. The molecule has 0 radical (unpaired) electrons. The van der Waals surface area contributed by atoms with Crippen molar-refractivity contribution >= 4 is 17.7 Å². The molecule has 3 amide bonds. The fraction of sp³-hybridized carbons (Fsp3) is 0.238. The zero-order chi connectivity index (χ0) is 21.8. The van der Waals surface area contributed by atoms with Crippen LogP contribution in [0.3, 0.4) is 0 Å². The van der Waals surface area contributed by atoms with Gasteiger partial charge in [-0.1, -0.05) is 12.1 Å². The molecule has 10 heteroatoms. The van der Waals surface area contributed by atoms with Gasteiger partial charge in [0, 0.05) is 13.0 Å². The van der Waals surface area contributed by atoms with Crippen LogP contribution in [0.1, 0.15) is 39.4 Å². The summed E-state index contributed by atoms with van der Waals surface area (Å²) in [5.41, 5.74) is 1.55. The predicted molar refractivity (Wildman–Crippen MR) is 109 cm³/mol. The number of amides is 3. The summed E-state index contributed by atoms with van der Waals surface area (Å²) in [4.78, 5) is 38.1. The normalized spacial score (nSPS) is 12.7. The van der Waals surface area contributed by atoms with E-state index in [9.17, 15) is 14.4 Å². The Kier molecular flexibility index (Phi) is 5.69. The van der Waals surface area contributed by atoms with Crippen LogP contribution in [0.4, 0.5) is 0 Å². The quantitative estimate of drug-likeness (QED) is 0.547. The maximum Gasteiger partial charge on any atom is 0.261 e. The van der Waals surface area contributed by atoms with Gasteiger partial charge in [0.25, 0.3) is 11.8 Å². The minimum absolute atomic E-state index is 0.144. The zero-order valence-corrected chi connectivity index (χ0v) is 16.8. The topological polar surface area (TPSA) is 119 Å². The number of hydrogen-bond donors (Lipinski definition) is 1. The van der Waals surface area contributed by atoms with Gasteiger partial charge < -0.3 is 10.1 Å². The van der Waals surface area contributed by atoms with Crippen molar-refractivity contribution in [3.63, 3.8) is 0 Å². The first-order chi connectivity index (χ1) is 15.1. The second-order valence-electron chi connectivity index (χ2n) is 6.89. The number of fused-ring (bicyclic) bond motifs is 1. The van der Waals surface area contributed by atoms with Gasteiger partial charge in [-0.15, -0.1) is 5.10 Å². The number of tetrazole rings is 1. The molecule has 0 atom stereocenters. The summed E-state index contributed by atoms with van der Waals surface area (Å²) < 4.78 is 6.66. The van der Waals surface area contributed by atoms with E-state index in [1.54, 1.807) is 43.5 Å². The molecule has 0 unspecified atom stereocenters. The molecule has 3 aromatic rings. The number of carbonyl (C=O) groups is 3. The molecule has 0 fully saturated rings. The van der Waals surface area contributed by atoms with E-state index in [-0.39, 0.29) is 37.2 Å². The Morgan fingerprint density at radius 2 is 1.71 bits per heavy atom. The molecule has 0 saturated heterocycles. The molecular weight excluding hydrogens is 400 g/mol. The van der Waals surface area contributed by atoms with Crippen LogP contribution in [-0.4, -0.2) is 56.5 Å². The molecule has 0 saturated carbocycles. The predicted octanol–water partition coefficient (Wildman–Crippen LogP) is 1.36. The number of imide groups is 1. The molecular formula is C21H20N6O4. The van der Waals surface area contributed by atoms with Crippen molar-refractivity contribution in [3.05, 3.63) is 65.5 Å². The third kappa shape index (κ3) is 4.13. The Morgan fingerprint density at radius 1 is 1.03 bits per heavy atom. The highest BCUT2D eigenvalue weighted by Gasteiger charge is 2.34. The summed E-state index contributed by atoms with van der Waals surface area (Å²) in [5, 5.41) is 14.3. The van der Waals surface area contributed by atoms with E-state index in [1.165, 1.54) is 9.58 Å². The first-order valence-corrected chi connectivity index (χ1v) is 9.72. The number of nitrogens with zero attached hydrogens (tertiary/aromatic N) is 5. The fourth-order valence-corrected chi connectivity index (χ4v) is 3.35. The number of methoxy groups -OCH3 is 1. The molecule has 2 aromatic carbocycles. The van der Waals surface area contributed by atoms with Crippen LogP contribution in [0.5, 0.6) is 5.75 Å². The first kappa shape index (κ1) is 20.2. The van der Waals surface area contributed by atoms with E-state index in [1.807, 2.05) is 12.1 Å². The summed E-state index contributed by atoms with van der Waals surface area (Å²) in [5.74, 6) is 0.323. The SMILES string of the molecule is COc1ccc(-n2nnnc2CNC(=O)CCCN2C(=O)c3ccccc3C2=O)cc1. The molecule has 2 heterocycles. The van der Waals surface area contributed by atoms with Crippen molar-refractivity contribution in [3.8, 4) is 11.4 Å². The van der Waals surface area contributed by atoms with Crippen LogP contribution in [-0.2, 0) is 11.3 Å². The maximum absolute atomic E-state index is 12.3. The molecule has 0 spiro atoms. The minimum Gasteiger partial charge on any atom is -0.497 e. The summed E-state index contributed by atoms with van der Waals surface area (Å²) in [7, 11) is 1.58. The average Bonchev–Trinajstić information content (AvgIpc) is 3.36. The lowest BCUT2D eigenvalue weighted by Gasteiger charge is -2.13. The fourth-order valence-electron chi connectivity index (χ4n) is 3.35. The Morgan fingerprint density at radius 3 is 2.35 bits per heavy atom. The summed E-state index contributed by atoms with van der Waals surface area (Å²) >= 11 is 0. The van der Waals surface area contributed by atoms with Crippen molar-refractivity contribution in [2.24, 2.45) is 0 Å². The van der Waals surface area contributed by atoms with Crippen LogP contribution in [0, 0.1) is 0 Å². The van der Waals surface area contributed by atoms with Gasteiger partial charge in [-0.05, 0) is 53.2 Å². The van der Waals surface area contributed by atoms with Gasteiger partial charge in [-0.2, -0.15) is 4.68 Å². The molecule has 1 aliphatic rings. The van der Waals surface area contributed by atoms with Gasteiger partial charge in [0.05, 0.1) is 30.5 Å². The number of rotatable bonds is 8. The Bertz CT molecular complexity index is 1090. The molecule has 4 rings (SSSR count). The molecule has 158 valence electrons. The molecule has 1 aromatic heterocycles. The van der Waals surface area contributed by atoms with Crippen LogP contribution in [0.25, 0.3) is 5.69 Å². The third-order valence-corrected chi connectivity index (χ3v) is 4.96. The Hall–Kier alpha value is -4.08. The van der Waals surface area contributed by atoms with E-state index < -0.39 is 0 Å². The highest BCUT2D eigenvalue weighted by molar-refractivity contribution is 6.21. The largest absolute Gasteiger partial charge is 0.497 e. The van der Waals surface area contributed by atoms with E-state index in [4.69, 9.17) is 4.74 Å². The van der Waals surface area contributed by atoms with Gasteiger partial charge in [-0.25, -0.2) is 0 Å². The highest BCUT2D eigenvalue weighted by Crippen LogP contribution is 2.22. The van der Waals surface area contributed by atoms with Crippen molar-refractivity contribution in [1.82, 2.24) is 30.4 Å². The smallest absolute Gasteiger partial charge is 0.261 e. The third-order valence-electron chi connectivity index (χ3n) is 4.96. The lowest BCUT2D eigenvalue weighted by molar-refractivity contribution is -0.121. The first-order valence-electron chi connectivity index (χ1n) is 9.72. The van der Waals surface area contributed by atoms with Crippen LogP contribution in [0.15, 0.2) is 48.5 Å². The van der Waals surface area contributed by atoms with Crippen LogP contribution in [0.2, 0.25) is 0 Å². The van der Waals surface area contributed by atoms with Gasteiger partial charge in [-0.3, -0.25) is 19.3 Å². The lowest BCUT2D eigenvalue weighted by Crippen LogP contribution is -2.32. The highest BCUT2D eigenvalue weighted by atomic mass is 16.5. The number of carbonyl (C=O) groups excluding carboxylic acids is 3. The van der Waals surface area contributed by atoms with Gasteiger partial charge >= 0.3 is 0 Å². The molecule has 10 nitrogen and oxygen atoms in total. The van der Waals surface area contributed by atoms with Crippen molar-refractivity contribution in [1.29, 1.82) is 0 Å². The molecule has 0 bridgehead atoms.